The van der Waals surface area contributed by atoms with Crippen molar-refractivity contribution in [1.29, 1.82) is 0 Å². The molecule has 0 amide bonds. The van der Waals surface area contributed by atoms with Gasteiger partial charge in [-0.3, -0.25) is 0 Å². The van der Waals surface area contributed by atoms with Crippen molar-refractivity contribution in [3.63, 3.8) is 0 Å². The van der Waals surface area contributed by atoms with Crippen LogP contribution in [0, 0.1) is 31.1 Å². The van der Waals surface area contributed by atoms with Crippen molar-refractivity contribution in [3.05, 3.63) is 0 Å². The van der Waals surface area contributed by atoms with Crippen molar-refractivity contribution in [2.24, 2.45) is 0 Å². The summed E-state index contributed by atoms with van der Waals surface area (Å²) in [6.45, 7) is 4.42. The van der Waals surface area contributed by atoms with Crippen LogP contribution in [0.2, 0.25) is 0 Å². The van der Waals surface area contributed by atoms with Crippen LogP contribution in [0.3, 0.4) is 0 Å². The molecule has 0 bridgehead atoms. The number of rotatable bonds is 2. The molecular weight excluding hydrogens is 605 g/mol. The fraction of sp³-hybridized carbons (Fsp3) is 1.00. The summed E-state index contributed by atoms with van der Waals surface area (Å²) in [6.07, 6.45) is 4.08. The molecule has 0 saturated carbocycles. The van der Waals surface area contributed by atoms with Gasteiger partial charge in [0.1, 0.15) is 0 Å². The van der Waals surface area contributed by atoms with E-state index in [1.165, 1.54) is 19.3 Å². The molecule has 0 heterocycles. The summed E-state index contributed by atoms with van der Waals surface area (Å²) in [5.41, 5.74) is 0. The first-order chi connectivity index (χ1) is 2.41. The SMILES string of the molecule is C.C.C.C.C.CCCCC.[Cm].[U]. The fourth-order valence-electron chi connectivity index (χ4n) is 0.354. The Bertz CT molecular complexity index is 17.3. The molecule has 0 unspecified atom stereocenters. The van der Waals surface area contributed by atoms with Crippen LogP contribution in [0.1, 0.15) is 70.2 Å². The summed E-state index contributed by atoms with van der Waals surface area (Å²) >= 11 is 0. The van der Waals surface area contributed by atoms with Crippen molar-refractivity contribution in [3.8, 4) is 0 Å². The van der Waals surface area contributed by atoms with E-state index in [0.717, 1.165) is 0 Å². The summed E-state index contributed by atoms with van der Waals surface area (Å²) in [7, 11) is 0. The molecule has 0 spiro atoms. The van der Waals surface area contributed by atoms with Gasteiger partial charge < -0.3 is 0 Å². The monoisotopic (exact) mass is 633 g/mol. The van der Waals surface area contributed by atoms with E-state index in [9.17, 15) is 0 Å². The van der Waals surface area contributed by atoms with E-state index in [4.69, 9.17) is 0 Å². The molecule has 0 rings (SSSR count). The van der Waals surface area contributed by atoms with Crippen LogP contribution in [0.5, 0.6) is 0 Å². The summed E-state index contributed by atoms with van der Waals surface area (Å²) in [6, 6.07) is 0. The third-order valence-corrected chi connectivity index (χ3v) is 0.707. The van der Waals surface area contributed by atoms with Gasteiger partial charge in [0.05, 0.1) is 0 Å². The smallest absolute Gasteiger partial charge is 0 e. The number of unbranched alkanes of at least 4 members (excludes halogenated alkanes) is 2. The van der Waals surface area contributed by atoms with Gasteiger partial charge in [-0.1, -0.05) is 70.2 Å². The van der Waals surface area contributed by atoms with Gasteiger partial charge in [0.25, 0.3) is 0 Å². The molecule has 0 aliphatic carbocycles. The van der Waals surface area contributed by atoms with E-state index in [1.807, 2.05) is 0 Å². The molecule has 0 aliphatic heterocycles. The molecular formula is C10H32CmU. The Labute approximate surface area is 101 Å². The van der Waals surface area contributed by atoms with E-state index < -0.39 is 0 Å². The minimum Gasteiger partial charge on any atom is -0.0776 e. The fourth-order valence-corrected chi connectivity index (χ4v) is 0.354. The van der Waals surface area contributed by atoms with Crippen molar-refractivity contribution in [2.45, 2.75) is 70.2 Å². The first-order valence-corrected chi connectivity index (χ1v) is 2.41. The molecule has 2 heteroatoms. The average molecular weight is 637 g/mol. The van der Waals surface area contributed by atoms with E-state index >= 15 is 0 Å². The Kier molecular flexibility index (Phi) is 896. The second-order valence-corrected chi connectivity index (χ2v) is 1.35. The molecule has 0 aromatic carbocycles. The maximum absolute atomic E-state index is 2.21. The molecule has 84 valence electrons. The molecule has 0 aromatic rings. The molecule has 0 fully saturated rings. The van der Waals surface area contributed by atoms with E-state index in [-0.39, 0.29) is 68.2 Å². The van der Waals surface area contributed by atoms with Gasteiger partial charge in [-0.25, -0.2) is 0 Å². The molecule has 12 heavy (non-hydrogen) atoms. The van der Waals surface area contributed by atoms with Crippen molar-refractivity contribution in [2.75, 3.05) is 0 Å². The van der Waals surface area contributed by atoms with Crippen LogP contribution in [0.15, 0.2) is 0 Å². The van der Waals surface area contributed by atoms with Crippen LogP contribution in [-0.2, 0) is 0 Å². The van der Waals surface area contributed by atoms with Crippen LogP contribution < -0.4 is 0 Å². The number of hydrogen-bond acceptors (Lipinski definition) is 0. The molecule has 0 radical (unpaired) electrons. The molecule has 0 atom stereocenters. The summed E-state index contributed by atoms with van der Waals surface area (Å²) < 4.78 is 0. The van der Waals surface area contributed by atoms with E-state index in [1.54, 1.807) is 0 Å². The maximum Gasteiger partial charge on any atom is 0 e. The standard InChI is InChI=1S/C5H12.5CH4.Cm.U/c1-3-5-4-2;;;;;;;/h3-5H2,1-2H3;5*1H4;;. The van der Waals surface area contributed by atoms with Crippen LogP contribution in [0.25, 0.3) is 0 Å². The molecule has 0 nitrogen and oxygen atoms in total. The molecule has 0 aliphatic rings. The first-order valence-electron chi connectivity index (χ1n) is 2.41. The maximum atomic E-state index is 2.21. The Morgan fingerprint density at radius 3 is 0.833 bits per heavy atom. The van der Waals surface area contributed by atoms with Crippen molar-refractivity contribution in [1.82, 2.24) is 0 Å². The molecule has 0 saturated heterocycles. The third-order valence-electron chi connectivity index (χ3n) is 0.707. The zero-order chi connectivity index (χ0) is 4.12. The zero-order valence-corrected chi connectivity index (χ0v) is 12.1. The summed E-state index contributed by atoms with van der Waals surface area (Å²) in [4.78, 5) is 0. The predicted molar refractivity (Wildman–Crippen MR) is 58.9 cm³/mol. The second kappa shape index (κ2) is 120. The van der Waals surface area contributed by atoms with Crippen LogP contribution >= 0.6 is 0 Å². The van der Waals surface area contributed by atoms with Gasteiger partial charge in [-0.05, 0) is 0 Å². The third kappa shape index (κ3) is 196. The Morgan fingerprint density at radius 2 is 0.833 bits per heavy atom. The molecule has 0 aromatic heterocycles. The van der Waals surface area contributed by atoms with Gasteiger partial charge in [-0.15, -0.1) is 0 Å². The zero-order valence-electron chi connectivity index (χ0n) is 4.97. The quantitative estimate of drug-likeness (QED) is 0.382. The normalized spacial score (nSPS) is 3.50. The van der Waals surface area contributed by atoms with Crippen LogP contribution in [-0.4, -0.2) is 0 Å². The van der Waals surface area contributed by atoms with Gasteiger partial charge in [0, 0.05) is 31.1 Å². The van der Waals surface area contributed by atoms with E-state index in [0.29, 0.717) is 0 Å². The van der Waals surface area contributed by atoms with Crippen LogP contribution in [0.4, 0.5) is 0 Å². The van der Waals surface area contributed by atoms with Crippen molar-refractivity contribution < 1.29 is 31.1 Å². The summed E-state index contributed by atoms with van der Waals surface area (Å²) in [5, 5.41) is 0. The largest absolute Gasteiger partial charge is 0.0776 e. The minimum atomic E-state index is 0. The van der Waals surface area contributed by atoms with Gasteiger partial charge >= 0.3 is 0 Å². The Balaban J connectivity index is -0.00000000381. The first kappa shape index (κ1) is 89.7. The Hall–Kier alpha value is 0.0519. The minimum absolute atomic E-state index is 0. The van der Waals surface area contributed by atoms with Gasteiger partial charge in [-0.2, -0.15) is 0 Å². The van der Waals surface area contributed by atoms with E-state index in [2.05, 4.69) is 13.8 Å². The predicted octanol–water partition coefficient (Wildman–Crippen LogP) is 5.38. The van der Waals surface area contributed by atoms with Crippen molar-refractivity contribution >= 4 is 0 Å². The molecule has 0 N–H and O–H groups in total. The number of hydrogen-bond donors (Lipinski definition) is 0. The topological polar surface area (TPSA) is 0 Å². The Morgan fingerprint density at radius 1 is 0.667 bits per heavy atom. The van der Waals surface area contributed by atoms with Gasteiger partial charge in [0.15, 0.2) is 0 Å². The summed E-state index contributed by atoms with van der Waals surface area (Å²) in [5.74, 6) is 0. The second-order valence-electron chi connectivity index (χ2n) is 1.35. The average Bonchev–Trinajstić information content (AvgIpc) is 1.41. The van der Waals surface area contributed by atoms with Gasteiger partial charge in [0.2, 0.25) is 0 Å².